The fourth-order valence-electron chi connectivity index (χ4n) is 2.42. The van der Waals surface area contributed by atoms with Gasteiger partial charge in [0.1, 0.15) is 4.60 Å². The fraction of sp³-hybridized carbons (Fsp3) is 0.643. The van der Waals surface area contributed by atoms with Crippen molar-refractivity contribution in [2.75, 3.05) is 19.6 Å². The molecule has 1 saturated heterocycles. The molecule has 1 aromatic heterocycles. The summed E-state index contributed by atoms with van der Waals surface area (Å²) >= 11 is 3.40. The van der Waals surface area contributed by atoms with Crippen LogP contribution >= 0.6 is 15.9 Å². The third kappa shape index (κ3) is 4.67. The Morgan fingerprint density at radius 3 is 2.83 bits per heavy atom. The molecule has 0 radical (unpaired) electrons. The molecule has 2 rings (SSSR count). The van der Waals surface area contributed by atoms with E-state index in [1.807, 2.05) is 12.1 Å². The maximum Gasteiger partial charge on any atom is 0.106 e. The molecule has 4 heteroatoms. The molecule has 1 aliphatic heterocycles. The highest BCUT2D eigenvalue weighted by molar-refractivity contribution is 9.10. The van der Waals surface area contributed by atoms with E-state index in [-0.39, 0.29) is 0 Å². The largest absolute Gasteiger partial charge is 0.307 e. The van der Waals surface area contributed by atoms with E-state index in [1.165, 1.54) is 32.4 Å². The van der Waals surface area contributed by atoms with Crippen molar-refractivity contribution >= 4 is 15.9 Å². The van der Waals surface area contributed by atoms with Gasteiger partial charge in [-0.1, -0.05) is 12.5 Å². The van der Waals surface area contributed by atoms with E-state index in [0.29, 0.717) is 6.04 Å². The molecule has 1 fully saturated rings. The molecule has 3 nitrogen and oxygen atoms in total. The summed E-state index contributed by atoms with van der Waals surface area (Å²) < 4.78 is 0.908. The first kappa shape index (κ1) is 14.0. The first-order valence-electron chi connectivity index (χ1n) is 6.81. The Labute approximate surface area is 118 Å². The first-order chi connectivity index (χ1) is 8.74. The highest BCUT2D eigenvalue weighted by atomic mass is 79.9. The van der Waals surface area contributed by atoms with Gasteiger partial charge in [-0.05, 0) is 60.9 Å². The van der Waals surface area contributed by atoms with E-state index in [4.69, 9.17) is 0 Å². The van der Waals surface area contributed by atoms with Gasteiger partial charge in [0.2, 0.25) is 0 Å². The van der Waals surface area contributed by atoms with E-state index in [9.17, 15) is 0 Å². The average molecular weight is 312 g/mol. The molecule has 1 aliphatic rings. The third-order valence-electron chi connectivity index (χ3n) is 3.39. The summed E-state index contributed by atoms with van der Waals surface area (Å²) in [5, 5.41) is 3.55. The number of nitrogens with one attached hydrogen (secondary N) is 1. The molecule has 0 aliphatic carbocycles. The Morgan fingerprint density at radius 2 is 2.11 bits per heavy atom. The number of hydrogen-bond acceptors (Lipinski definition) is 3. The lowest BCUT2D eigenvalue weighted by atomic mass is 10.1. The van der Waals surface area contributed by atoms with Crippen molar-refractivity contribution in [3.05, 3.63) is 28.5 Å². The van der Waals surface area contributed by atoms with Crippen LogP contribution in [0.15, 0.2) is 22.8 Å². The third-order valence-corrected chi connectivity index (χ3v) is 3.83. The molecule has 0 amide bonds. The predicted molar refractivity (Wildman–Crippen MR) is 78.5 cm³/mol. The van der Waals surface area contributed by atoms with Crippen LogP contribution in [-0.4, -0.2) is 35.6 Å². The number of pyridine rings is 1. The molecule has 18 heavy (non-hydrogen) atoms. The molecule has 0 aromatic carbocycles. The van der Waals surface area contributed by atoms with Crippen LogP contribution in [0.4, 0.5) is 0 Å². The van der Waals surface area contributed by atoms with Gasteiger partial charge in [0.15, 0.2) is 0 Å². The summed E-state index contributed by atoms with van der Waals surface area (Å²) in [5.41, 5.74) is 1.09. The SMILES string of the molecule is CC(CN1CCCCC1)NCc1cccc(Br)n1. The van der Waals surface area contributed by atoms with E-state index in [0.717, 1.165) is 23.4 Å². The van der Waals surface area contributed by atoms with E-state index < -0.39 is 0 Å². The molecular formula is C14H22BrN3. The Bertz CT molecular complexity index is 364. The van der Waals surface area contributed by atoms with Crippen LogP contribution in [0.25, 0.3) is 0 Å². The monoisotopic (exact) mass is 311 g/mol. The fourth-order valence-corrected chi connectivity index (χ4v) is 2.80. The average Bonchev–Trinajstić information content (AvgIpc) is 2.38. The second kappa shape index (κ2) is 7.22. The minimum absolute atomic E-state index is 0.517. The molecule has 1 atom stereocenters. The Hall–Kier alpha value is -0.450. The molecule has 1 N–H and O–H groups in total. The van der Waals surface area contributed by atoms with Crippen molar-refractivity contribution in [2.45, 2.75) is 38.8 Å². The Morgan fingerprint density at radius 1 is 1.33 bits per heavy atom. The lowest BCUT2D eigenvalue weighted by molar-refractivity contribution is 0.208. The molecular weight excluding hydrogens is 290 g/mol. The van der Waals surface area contributed by atoms with Gasteiger partial charge in [-0.15, -0.1) is 0 Å². The number of piperidine rings is 1. The zero-order valence-electron chi connectivity index (χ0n) is 11.0. The van der Waals surface area contributed by atoms with Gasteiger partial charge >= 0.3 is 0 Å². The van der Waals surface area contributed by atoms with E-state index in [1.54, 1.807) is 0 Å². The normalized spacial score (nSPS) is 18.8. The van der Waals surface area contributed by atoms with Crippen molar-refractivity contribution in [3.8, 4) is 0 Å². The van der Waals surface area contributed by atoms with Gasteiger partial charge in [-0.3, -0.25) is 0 Å². The summed E-state index contributed by atoms with van der Waals surface area (Å²) in [6.07, 6.45) is 4.13. The summed E-state index contributed by atoms with van der Waals surface area (Å²) in [6.45, 7) is 6.78. The minimum Gasteiger partial charge on any atom is -0.307 e. The zero-order chi connectivity index (χ0) is 12.8. The van der Waals surface area contributed by atoms with Crippen molar-refractivity contribution in [2.24, 2.45) is 0 Å². The smallest absolute Gasteiger partial charge is 0.106 e. The maximum atomic E-state index is 4.43. The first-order valence-corrected chi connectivity index (χ1v) is 7.60. The van der Waals surface area contributed by atoms with Gasteiger partial charge < -0.3 is 10.2 Å². The molecule has 1 aromatic rings. The van der Waals surface area contributed by atoms with Crippen molar-refractivity contribution in [3.63, 3.8) is 0 Å². The number of hydrogen-bond donors (Lipinski definition) is 1. The van der Waals surface area contributed by atoms with Crippen LogP contribution in [0.3, 0.4) is 0 Å². The highest BCUT2D eigenvalue weighted by Gasteiger charge is 2.12. The van der Waals surface area contributed by atoms with Gasteiger partial charge in [-0.2, -0.15) is 0 Å². The predicted octanol–water partition coefficient (Wildman–Crippen LogP) is 2.81. The van der Waals surface area contributed by atoms with Crippen LogP contribution < -0.4 is 5.32 Å². The maximum absolute atomic E-state index is 4.43. The molecule has 0 saturated carbocycles. The second-order valence-corrected chi connectivity index (χ2v) is 5.91. The van der Waals surface area contributed by atoms with Gasteiger partial charge in [-0.25, -0.2) is 4.98 Å². The number of aromatic nitrogens is 1. The van der Waals surface area contributed by atoms with Crippen molar-refractivity contribution in [1.29, 1.82) is 0 Å². The second-order valence-electron chi connectivity index (χ2n) is 5.09. The van der Waals surface area contributed by atoms with Crippen LogP contribution in [0.2, 0.25) is 0 Å². The summed E-state index contributed by atoms with van der Waals surface area (Å²) in [5.74, 6) is 0. The topological polar surface area (TPSA) is 28.2 Å². The number of likely N-dealkylation sites (tertiary alicyclic amines) is 1. The number of rotatable bonds is 5. The zero-order valence-corrected chi connectivity index (χ0v) is 12.6. The summed E-state index contributed by atoms with van der Waals surface area (Å²) in [7, 11) is 0. The van der Waals surface area contributed by atoms with Crippen molar-refractivity contribution < 1.29 is 0 Å². The number of halogens is 1. The summed E-state index contributed by atoms with van der Waals surface area (Å²) in [6, 6.07) is 6.57. The molecule has 1 unspecified atom stereocenters. The van der Waals surface area contributed by atoms with Gasteiger partial charge in [0, 0.05) is 19.1 Å². The summed E-state index contributed by atoms with van der Waals surface area (Å²) in [4.78, 5) is 7.00. The van der Waals surface area contributed by atoms with Gasteiger partial charge in [0.25, 0.3) is 0 Å². The Kier molecular flexibility index (Phi) is 5.60. The highest BCUT2D eigenvalue weighted by Crippen LogP contribution is 2.09. The van der Waals surface area contributed by atoms with E-state index >= 15 is 0 Å². The molecule has 0 spiro atoms. The van der Waals surface area contributed by atoms with Crippen LogP contribution in [0.1, 0.15) is 31.9 Å². The lowest BCUT2D eigenvalue weighted by Crippen LogP contribution is -2.41. The minimum atomic E-state index is 0.517. The standard InChI is InChI=1S/C14H22BrN3/c1-12(11-18-8-3-2-4-9-18)16-10-13-6-5-7-14(15)17-13/h5-7,12,16H,2-4,8-11H2,1H3. The lowest BCUT2D eigenvalue weighted by Gasteiger charge is -2.29. The van der Waals surface area contributed by atoms with Crippen LogP contribution in [-0.2, 0) is 6.54 Å². The number of nitrogens with zero attached hydrogens (tertiary/aromatic N) is 2. The van der Waals surface area contributed by atoms with Crippen molar-refractivity contribution in [1.82, 2.24) is 15.2 Å². The van der Waals surface area contributed by atoms with Crippen LogP contribution in [0, 0.1) is 0 Å². The molecule has 100 valence electrons. The van der Waals surface area contributed by atoms with E-state index in [2.05, 4.69) is 44.1 Å². The van der Waals surface area contributed by atoms with Crippen LogP contribution in [0.5, 0.6) is 0 Å². The quantitative estimate of drug-likeness (QED) is 0.848. The Balaban J connectivity index is 1.72. The van der Waals surface area contributed by atoms with Gasteiger partial charge in [0.05, 0.1) is 5.69 Å². The molecule has 2 heterocycles. The molecule has 0 bridgehead atoms.